The van der Waals surface area contributed by atoms with Crippen LogP contribution < -0.4 is 10.5 Å². The molecule has 1 heterocycles. The molecule has 1 amide bonds. The molecule has 0 bridgehead atoms. The third-order valence-electron chi connectivity index (χ3n) is 4.25. The number of carbonyl (C=O) groups excluding carboxylic acids is 1. The van der Waals surface area contributed by atoms with Gasteiger partial charge < -0.3 is 15.0 Å². The molecule has 1 saturated heterocycles. The number of primary sulfonamides is 1. The van der Waals surface area contributed by atoms with E-state index in [2.05, 4.69) is 5.32 Å². The maximum absolute atomic E-state index is 12.2. The monoisotopic (exact) mass is 414 g/mol. The lowest BCUT2D eigenvalue weighted by atomic mass is 9.98. The smallest absolute Gasteiger partial charge is 0.410 e. The second kappa shape index (κ2) is 8.31. The first-order chi connectivity index (χ1) is 12.9. The van der Waals surface area contributed by atoms with Crippen molar-refractivity contribution in [1.29, 1.82) is 0 Å². The normalized spacial score (nSPS) is 17.9. The number of hydrogen-bond acceptors (Lipinski definition) is 7. The van der Waals surface area contributed by atoms with Gasteiger partial charge in [-0.2, -0.15) is 0 Å². The Morgan fingerprint density at radius 3 is 2.68 bits per heavy atom. The van der Waals surface area contributed by atoms with Crippen LogP contribution in [0.2, 0.25) is 0 Å². The van der Waals surface area contributed by atoms with Crippen LogP contribution >= 0.6 is 0 Å². The first-order valence-corrected chi connectivity index (χ1v) is 10.4. The summed E-state index contributed by atoms with van der Waals surface area (Å²) in [5.74, 6) is 0.0822. The third-order valence-corrected chi connectivity index (χ3v) is 5.16. The summed E-state index contributed by atoms with van der Waals surface area (Å²) in [5.41, 5.74) is -0.744. The van der Waals surface area contributed by atoms with E-state index in [1.54, 1.807) is 25.7 Å². The van der Waals surface area contributed by atoms with E-state index in [1.165, 1.54) is 12.1 Å². The maximum atomic E-state index is 12.2. The van der Waals surface area contributed by atoms with Gasteiger partial charge in [0.15, 0.2) is 0 Å². The van der Waals surface area contributed by atoms with Crippen molar-refractivity contribution in [3.63, 3.8) is 0 Å². The van der Waals surface area contributed by atoms with E-state index in [0.717, 1.165) is 18.9 Å². The topological polar surface area (TPSA) is 145 Å². The molecule has 0 saturated carbocycles. The van der Waals surface area contributed by atoms with Crippen LogP contribution in [-0.4, -0.2) is 49.6 Å². The number of benzene rings is 1. The summed E-state index contributed by atoms with van der Waals surface area (Å²) in [5, 5.41) is 19.3. The summed E-state index contributed by atoms with van der Waals surface area (Å²) in [4.78, 5) is 24.2. The van der Waals surface area contributed by atoms with E-state index in [-0.39, 0.29) is 28.3 Å². The van der Waals surface area contributed by atoms with E-state index in [9.17, 15) is 23.3 Å². The summed E-state index contributed by atoms with van der Waals surface area (Å²) in [7, 11) is -4.03. The number of nitrogens with one attached hydrogen (secondary N) is 1. The molecule has 1 aliphatic rings. The number of carbonyl (C=O) groups is 1. The van der Waals surface area contributed by atoms with Crippen molar-refractivity contribution in [1.82, 2.24) is 4.90 Å². The van der Waals surface area contributed by atoms with Gasteiger partial charge in [0.2, 0.25) is 10.0 Å². The first-order valence-electron chi connectivity index (χ1n) is 8.90. The van der Waals surface area contributed by atoms with Gasteiger partial charge in [-0.15, -0.1) is 0 Å². The second-order valence-electron chi connectivity index (χ2n) is 7.80. The number of hydrogen-bond donors (Lipinski definition) is 2. The lowest BCUT2D eigenvalue weighted by molar-refractivity contribution is -0.384. The molecule has 11 heteroatoms. The zero-order valence-electron chi connectivity index (χ0n) is 16.2. The molecule has 1 aromatic carbocycles. The number of nitrogens with two attached hydrogens (primary N) is 1. The average Bonchev–Trinajstić information content (AvgIpc) is 2.57. The van der Waals surface area contributed by atoms with E-state index >= 15 is 0 Å². The predicted molar refractivity (Wildman–Crippen MR) is 103 cm³/mol. The summed E-state index contributed by atoms with van der Waals surface area (Å²) in [6.07, 6.45) is 1.29. The number of nitro groups is 1. The summed E-state index contributed by atoms with van der Waals surface area (Å²) in [6.45, 7) is 6.89. The average molecular weight is 414 g/mol. The van der Waals surface area contributed by atoms with Crippen LogP contribution in [0.4, 0.5) is 16.2 Å². The minimum absolute atomic E-state index is 0.0822. The fourth-order valence-corrected chi connectivity index (χ4v) is 3.50. The van der Waals surface area contributed by atoms with Crippen LogP contribution in [-0.2, 0) is 14.8 Å². The Balaban J connectivity index is 2.05. The Morgan fingerprint density at radius 2 is 2.11 bits per heavy atom. The molecule has 156 valence electrons. The molecule has 1 fully saturated rings. The number of amides is 1. The predicted octanol–water partition coefficient (Wildman–Crippen LogP) is 2.30. The van der Waals surface area contributed by atoms with Gasteiger partial charge in [0, 0.05) is 25.7 Å². The number of nitro benzene ring substituents is 1. The van der Waals surface area contributed by atoms with Crippen molar-refractivity contribution in [2.75, 3.05) is 25.0 Å². The Kier molecular flexibility index (Phi) is 6.50. The van der Waals surface area contributed by atoms with Crippen LogP contribution in [0.3, 0.4) is 0 Å². The number of likely N-dealkylation sites (tertiary alicyclic amines) is 1. The van der Waals surface area contributed by atoms with Gasteiger partial charge >= 0.3 is 6.09 Å². The fraction of sp³-hybridized carbons (Fsp3) is 0.588. The number of sulfonamides is 1. The maximum Gasteiger partial charge on any atom is 0.410 e. The number of anilines is 1. The van der Waals surface area contributed by atoms with Gasteiger partial charge in [0.25, 0.3) is 5.69 Å². The molecule has 0 unspecified atom stereocenters. The molecule has 0 aromatic heterocycles. The Hall–Kier alpha value is -2.40. The molecule has 1 aliphatic heterocycles. The number of rotatable bonds is 5. The van der Waals surface area contributed by atoms with E-state index in [0.29, 0.717) is 19.6 Å². The van der Waals surface area contributed by atoms with Gasteiger partial charge in [0.05, 0.1) is 9.82 Å². The van der Waals surface area contributed by atoms with Crippen LogP contribution in [0.1, 0.15) is 33.6 Å². The third kappa shape index (κ3) is 6.06. The molecule has 0 radical (unpaired) electrons. The zero-order valence-corrected chi connectivity index (χ0v) is 17.0. The first kappa shape index (κ1) is 21.9. The van der Waals surface area contributed by atoms with E-state index < -0.39 is 20.5 Å². The summed E-state index contributed by atoms with van der Waals surface area (Å²) in [6, 6.07) is 3.48. The molecular formula is C17H26N4O6S. The molecular weight excluding hydrogens is 388 g/mol. The fourth-order valence-electron chi connectivity index (χ4n) is 2.97. The highest BCUT2D eigenvalue weighted by Gasteiger charge is 2.28. The Labute approximate surface area is 164 Å². The summed E-state index contributed by atoms with van der Waals surface area (Å²) >= 11 is 0. The molecule has 1 atom stereocenters. The minimum Gasteiger partial charge on any atom is -0.444 e. The van der Waals surface area contributed by atoms with Gasteiger partial charge in [0.1, 0.15) is 11.3 Å². The molecule has 0 aliphatic carbocycles. The Bertz CT molecular complexity index is 850. The highest BCUT2D eigenvalue weighted by atomic mass is 32.2. The van der Waals surface area contributed by atoms with Crippen molar-refractivity contribution >= 4 is 27.5 Å². The molecule has 2 rings (SSSR count). The number of piperidine rings is 1. The van der Waals surface area contributed by atoms with Gasteiger partial charge in [-0.05, 0) is 51.7 Å². The Morgan fingerprint density at radius 1 is 1.43 bits per heavy atom. The number of ether oxygens (including phenoxy) is 1. The molecule has 3 N–H and O–H groups in total. The van der Waals surface area contributed by atoms with Gasteiger partial charge in [-0.3, -0.25) is 10.1 Å². The van der Waals surface area contributed by atoms with E-state index in [1.807, 2.05) is 0 Å². The number of nitrogens with zero attached hydrogens (tertiary/aromatic N) is 2. The minimum atomic E-state index is -4.03. The lowest BCUT2D eigenvalue weighted by Crippen LogP contribution is -2.44. The van der Waals surface area contributed by atoms with E-state index in [4.69, 9.17) is 9.88 Å². The SMILES string of the molecule is CC(C)(C)OC(=O)N1CCC[C@@H](CNc2ccc(S(N)(=O)=O)cc2[N+](=O)[O-])C1. The van der Waals surface area contributed by atoms with Crippen LogP contribution in [0.15, 0.2) is 23.1 Å². The second-order valence-corrected chi connectivity index (χ2v) is 9.36. The van der Waals surface area contributed by atoms with Crippen molar-refractivity contribution in [2.45, 2.75) is 44.1 Å². The van der Waals surface area contributed by atoms with Gasteiger partial charge in [-0.25, -0.2) is 18.4 Å². The van der Waals surface area contributed by atoms with Crippen LogP contribution in [0, 0.1) is 16.0 Å². The largest absolute Gasteiger partial charge is 0.444 e. The standard InChI is InChI=1S/C17H26N4O6S/c1-17(2,3)27-16(22)20-8-4-5-12(11-20)10-19-14-7-6-13(28(18,25)26)9-15(14)21(23)24/h6-7,9,12,19H,4-5,8,10-11H2,1-3H3,(H2,18,25,26)/t12-/m0/s1. The lowest BCUT2D eigenvalue weighted by Gasteiger charge is -2.34. The van der Waals surface area contributed by atoms with Gasteiger partial charge in [-0.1, -0.05) is 0 Å². The van der Waals surface area contributed by atoms with Crippen molar-refractivity contribution in [3.05, 3.63) is 28.3 Å². The molecule has 28 heavy (non-hydrogen) atoms. The van der Waals surface area contributed by atoms with Crippen LogP contribution in [0.25, 0.3) is 0 Å². The van der Waals surface area contributed by atoms with Crippen molar-refractivity contribution in [2.24, 2.45) is 11.1 Å². The molecule has 0 spiro atoms. The van der Waals surface area contributed by atoms with Crippen molar-refractivity contribution in [3.8, 4) is 0 Å². The molecule has 1 aromatic rings. The zero-order chi connectivity index (χ0) is 21.1. The van der Waals surface area contributed by atoms with Crippen LogP contribution in [0.5, 0.6) is 0 Å². The van der Waals surface area contributed by atoms with Crippen molar-refractivity contribution < 1.29 is 22.9 Å². The summed E-state index contributed by atoms with van der Waals surface area (Å²) < 4.78 is 28.2. The highest BCUT2D eigenvalue weighted by molar-refractivity contribution is 7.89. The quantitative estimate of drug-likeness (QED) is 0.555. The molecule has 10 nitrogen and oxygen atoms in total. The highest BCUT2D eigenvalue weighted by Crippen LogP contribution is 2.28.